The third kappa shape index (κ3) is 3.43. The monoisotopic (exact) mass is 279 g/mol. The summed E-state index contributed by atoms with van der Waals surface area (Å²) in [7, 11) is 0. The van der Waals surface area contributed by atoms with E-state index in [-0.39, 0.29) is 5.60 Å². The van der Waals surface area contributed by atoms with Gasteiger partial charge in [0.25, 0.3) is 0 Å². The van der Waals surface area contributed by atoms with E-state index < -0.39 is 0 Å². The summed E-state index contributed by atoms with van der Waals surface area (Å²) in [5.74, 6) is 2.06. The highest BCUT2D eigenvalue weighted by molar-refractivity contribution is 5.05. The van der Waals surface area contributed by atoms with Crippen molar-refractivity contribution in [1.82, 2.24) is 5.32 Å². The maximum absolute atomic E-state index is 6.07. The molecule has 2 aliphatic heterocycles. The Hall–Kier alpha value is -0.840. The van der Waals surface area contributed by atoms with Gasteiger partial charge in [-0.05, 0) is 44.7 Å². The van der Waals surface area contributed by atoms with E-state index in [9.17, 15) is 0 Å². The van der Waals surface area contributed by atoms with E-state index in [4.69, 9.17) is 13.9 Å². The second-order valence-corrected chi connectivity index (χ2v) is 6.05. The minimum Gasteiger partial charge on any atom is -0.466 e. The van der Waals surface area contributed by atoms with Crippen molar-refractivity contribution in [3.05, 3.63) is 23.7 Å². The van der Waals surface area contributed by atoms with Gasteiger partial charge in [0.05, 0.1) is 5.60 Å². The van der Waals surface area contributed by atoms with Gasteiger partial charge < -0.3 is 19.2 Å². The van der Waals surface area contributed by atoms with Crippen LogP contribution in [0, 0.1) is 6.92 Å². The molecule has 0 amide bonds. The van der Waals surface area contributed by atoms with Crippen molar-refractivity contribution >= 4 is 0 Å². The minimum absolute atomic E-state index is 0.0788. The Kier molecular flexibility index (Phi) is 4.44. The van der Waals surface area contributed by atoms with Crippen LogP contribution in [0.1, 0.15) is 37.2 Å². The predicted molar refractivity (Wildman–Crippen MR) is 76.9 cm³/mol. The molecule has 1 spiro atoms. The predicted octanol–water partition coefficient (Wildman–Crippen LogP) is 2.45. The van der Waals surface area contributed by atoms with Gasteiger partial charge in [0.2, 0.25) is 0 Å². The molecule has 4 nitrogen and oxygen atoms in total. The van der Waals surface area contributed by atoms with Crippen molar-refractivity contribution in [1.29, 1.82) is 0 Å². The number of hydrogen-bond donors (Lipinski definition) is 1. The maximum Gasteiger partial charge on any atom is 0.105 e. The first-order valence-electron chi connectivity index (χ1n) is 7.76. The van der Waals surface area contributed by atoms with Gasteiger partial charge in [0.15, 0.2) is 0 Å². The Morgan fingerprint density at radius 2 is 2.10 bits per heavy atom. The molecule has 0 aromatic carbocycles. The second-order valence-electron chi connectivity index (χ2n) is 6.05. The quantitative estimate of drug-likeness (QED) is 0.919. The number of aryl methyl sites for hydroxylation is 1. The van der Waals surface area contributed by atoms with Crippen LogP contribution in [0.15, 0.2) is 16.5 Å². The molecular formula is C16H25NO3. The van der Waals surface area contributed by atoms with Gasteiger partial charge in [-0.15, -0.1) is 0 Å². The Bertz CT molecular complexity index is 418. The van der Waals surface area contributed by atoms with E-state index in [2.05, 4.69) is 11.4 Å². The SMILES string of the molecule is Cc1ccc(CCN[C@@H]2CCOC3(CCOCC3)C2)o1. The summed E-state index contributed by atoms with van der Waals surface area (Å²) < 4.78 is 17.1. The Morgan fingerprint density at radius 3 is 2.85 bits per heavy atom. The van der Waals surface area contributed by atoms with E-state index in [1.54, 1.807) is 0 Å². The number of nitrogens with one attached hydrogen (secondary N) is 1. The van der Waals surface area contributed by atoms with Crippen LogP contribution in [0.25, 0.3) is 0 Å². The molecule has 0 bridgehead atoms. The Balaban J connectivity index is 1.45. The van der Waals surface area contributed by atoms with E-state index >= 15 is 0 Å². The highest BCUT2D eigenvalue weighted by Gasteiger charge is 2.38. The molecule has 1 aromatic heterocycles. The van der Waals surface area contributed by atoms with Crippen molar-refractivity contribution in [2.75, 3.05) is 26.4 Å². The van der Waals surface area contributed by atoms with Crippen molar-refractivity contribution in [3.63, 3.8) is 0 Å². The van der Waals surface area contributed by atoms with E-state index in [0.29, 0.717) is 6.04 Å². The maximum atomic E-state index is 6.07. The number of rotatable bonds is 4. The Labute approximate surface area is 120 Å². The van der Waals surface area contributed by atoms with Crippen LogP contribution < -0.4 is 5.32 Å². The highest BCUT2D eigenvalue weighted by Crippen LogP contribution is 2.34. The largest absolute Gasteiger partial charge is 0.466 e. The molecule has 2 saturated heterocycles. The fourth-order valence-electron chi connectivity index (χ4n) is 3.31. The van der Waals surface area contributed by atoms with Crippen LogP contribution in [0.2, 0.25) is 0 Å². The molecule has 0 radical (unpaired) electrons. The van der Waals surface area contributed by atoms with Crippen LogP contribution in [-0.2, 0) is 15.9 Å². The van der Waals surface area contributed by atoms with Gasteiger partial charge in [-0.1, -0.05) is 0 Å². The zero-order chi connectivity index (χ0) is 13.8. The van der Waals surface area contributed by atoms with Gasteiger partial charge in [0.1, 0.15) is 11.5 Å². The third-order valence-electron chi connectivity index (χ3n) is 4.50. The third-order valence-corrected chi connectivity index (χ3v) is 4.50. The molecule has 0 saturated carbocycles. The topological polar surface area (TPSA) is 43.6 Å². The summed E-state index contributed by atoms with van der Waals surface area (Å²) in [6, 6.07) is 4.67. The standard InChI is InChI=1S/C16H25NO3/c1-13-2-3-15(20-13)4-8-17-14-5-9-19-16(12-14)6-10-18-11-7-16/h2-3,14,17H,4-12H2,1H3/t14-/m1/s1. The molecule has 1 atom stereocenters. The van der Waals surface area contributed by atoms with Crippen LogP contribution >= 0.6 is 0 Å². The molecular weight excluding hydrogens is 254 g/mol. The average molecular weight is 279 g/mol. The first-order valence-corrected chi connectivity index (χ1v) is 7.76. The molecule has 3 heterocycles. The molecule has 112 valence electrons. The molecule has 1 aromatic rings. The fourth-order valence-corrected chi connectivity index (χ4v) is 3.31. The molecule has 3 rings (SSSR count). The molecule has 2 aliphatic rings. The van der Waals surface area contributed by atoms with E-state index in [0.717, 1.165) is 70.0 Å². The first kappa shape index (κ1) is 14.1. The molecule has 20 heavy (non-hydrogen) atoms. The fraction of sp³-hybridized carbons (Fsp3) is 0.750. The lowest BCUT2D eigenvalue weighted by atomic mass is 9.84. The molecule has 1 N–H and O–H groups in total. The van der Waals surface area contributed by atoms with E-state index in [1.165, 1.54) is 0 Å². The zero-order valence-electron chi connectivity index (χ0n) is 12.3. The van der Waals surface area contributed by atoms with Crippen molar-refractivity contribution < 1.29 is 13.9 Å². The van der Waals surface area contributed by atoms with Crippen molar-refractivity contribution in [2.24, 2.45) is 0 Å². The summed E-state index contributed by atoms with van der Waals surface area (Å²) in [5, 5.41) is 3.67. The van der Waals surface area contributed by atoms with Crippen molar-refractivity contribution in [2.45, 2.75) is 50.7 Å². The normalized spacial score (nSPS) is 25.9. The molecule has 0 unspecified atom stereocenters. The van der Waals surface area contributed by atoms with Crippen LogP contribution in [0.3, 0.4) is 0 Å². The second kappa shape index (κ2) is 6.29. The van der Waals surface area contributed by atoms with E-state index in [1.807, 2.05) is 13.0 Å². The lowest BCUT2D eigenvalue weighted by Crippen LogP contribution is -2.50. The summed E-state index contributed by atoms with van der Waals surface area (Å²) in [6.07, 6.45) is 5.28. The molecule has 0 aliphatic carbocycles. The van der Waals surface area contributed by atoms with Gasteiger partial charge in [-0.3, -0.25) is 0 Å². The smallest absolute Gasteiger partial charge is 0.105 e. The van der Waals surface area contributed by atoms with Crippen LogP contribution in [0.4, 0.5) is 0 Å². The summed E-state index contributed by atoms with van der Waals surface area (Å²) in [4.78, 5) is 0. The first-order chi connectivity index (χ1) is 9.76. The summed E-state index contributed by atoms with van der Waals surface area (Å²) in [5.41, 5.74) is 0.0788. The van der Waals surface area contributed by atoms with Gasteiger partial charge in [0, 0.05) is 38.8 Å². The number of furan rings is 1. The van der Waals surface area contributed by atoms with Crippen molar-refractivity contribution in [3.8, 4) is 0 Å². The van der Waals surface area contributed by atoms with Crippen LogP contribution in [0.5, 0.6) is 0 Å². The Morgan fingerprint density at radius 1 is 1.25 bits per heavy atom. The van der Waals surface area contributed by atoms with Gasteiger partial charge in [-0.25, -0.2) is 0 Å². The number of ether oxygens (including phenoxy) is 2. The van der Waals surface area contributed by atoms with Gasteiger partial charge >= 0.3 is 0 Å². The summed E-state index contributed by atoms with van der Waals surface area (Å²) in [6.45, 7) is 5.53. The highest BCUT2D eigenvalue weighted by atomic mass is 16.5. The van der Waals surface area contributed by atoms with Crippen LogP contribution in [-0.4, -0.2) is 38.0 Å². The molecule has 4 heteroatoms. The van der Waals surface area contributed by atoms with Gasteiger partial charge in [-0.2, -0.15) is 0 Å². The lowest BCUT2D eigenvalue weighted by Gasteiger charge is -2.43. The average Bonchev–Trinajstić information content (AvgIpc) is 2.86. The number of hydrogen-bond acceptors (Lipinski definition) is 4. The lowest BCUT2D eigenvalue weighted by molar-refractivity contribution is -0.140. The minimum atomic E-state index is 0.0788. The molecule has 2 fully saturated rings. The zero-order valence-corrected chi connectivity index (χ0v) is 12.3. The summed E-state index contributed by atoms with van der Waals surface area (Å²) >= 11 is 0.